The van der Waals surface area contributed by atoms with Crippen molar-refractivity contribution in [3.63, 3.8) is 0 Å². The van der Waals surface area contributed by atoms with Crippen LogP contribution in [0, 0.1) is 9.39 Å². The van der Waals surface area contributed by atoms with Crippen LogP contribution in [0.15, 0.2) is 18.3 Å². The molecule has 0 radical (unpaired) electrons. The van der Waals surface area contributed by atoms with Crippen LogP contribution in [-0.4, -0.2) is 4.98 Å². The van der Waals surface area contributed by atoms with Crippen molar-refractivity contribution in [2.45, 2.75) is 6.54 Å². The maximum Gasteiger partial charge on any atom is 0.183 e. The third-order valence-corrected chi connectivity index (χ3v) is 4.63. The lowest BCUT2D eigenvalue weighted by Gasteiger charge is -2.07. The van der Waals surface area contributed by atoms with Crippen LogP contribution in [-0.2, 0) is 6.54 Å². The number of nitrogens with zero attached hydrogens (tertiary/aromatic N) is 1. The number of rotatable bonds is 3. The summed E-state index contributed by atoms with van der Waals surface area (Å²) in [7, 11) is 0. The van der Waals surface area contributed by atoms with E-state index >= 15 is 0 Å². The zero-order valence-corrected chi connectivity index (χ0v) is 12.8. The van der Waals surface area contributed by atoms with Gasteiger partial charge in [-0.25, -0.2) is 9.37 Å². The number of thiazole rings is 1. The SMILES string of the molecule is Fc1cc(Cl)c(I)cc1NCc1cnc(Cl)s1. The molecule has 0 saturated carbocycles. The smallest absolute Gasteiger partial charge is 0.183 e. The van der Waals surface area contributed by atoms with Crippen LogP contribution < -0.4 is 5.32 Å². The van der Waals surface area contributed by atoms with Crippen molar-refractivity contribution < 1.29 is 4.39 Å². The highest BCUT2D eigenvalue weighted by molar-refractivity contribution is 14.1. The minimum absolute atomic E-state index is 0.369. The molecule has 0 bridgehead atoms. The highest BCUT2D eigenvalue weighted by Crippen LogP contribution is 2.26. The average Bonchev–Trinajstić information content (AvgIpc) is 2.68. The summed E-state index contributed by atoms with van der Waals surface area (Å²) in [6, 6.07) is 2.96. The molecule has 0 unspecified atom stereocenters. The molecule has 0 aliphatic carbocycles. The Kier molecular flexibility index (Phi) is 4.46. The number of aromatic nitrogens is 1. The summed E-state index contributed by atoms with van der Waals surface area (Å²) >= 11 is 14.9. The fourth-order valence-corrected chi connectivity index (χ4v) is 2.74. The van der Waals surface area contributed by atoms with Gasteiger partial charge in [0.1, 0.15) is 5.82 Å². The highest BCUT2D eigenvalue weighted by atomic mass is 127. The number of nitrogens with one attached hydrogen (secondary N) is 1. The Hall–Kier alpha value is -0.110. The molecule has 2 nitrogen and oxygen atoms in total. The summed E-state index contributed by atoms with van der Waals surface area (Å²) in [6.45, 7) is 0.485. The van der Waals surface area contributed by atoms with Gasteiger partial charge in [-0.2, -0.15) is 0 Å². The molecule has 0 spiro atoms. The molecule has 90 valence electrons. The molecule has 2 rings (SSSR count). The Bertz CT molecular complexity index is 547. The Morgan fingerprint density at radius 1 is 1.41 bits per heavy atom. The van der Waals surface area contributed by atoms with E-state index in [1.807, 2.05) is 0 Å². The first-order valence-corrected chi connectivity index (χ1v) is 7.20. The number of hydrogen-bond donors (Lipinski definition) is 1. The van der Waals surface area contributed by atoms with Crippen molar-refractivity contribution in [3.05, 3.63) is 42.1 Å². The molecule has 0 atom stereocenters. The normalized spacial score (nSPS) is 10.6. The molecule has 0 saturated heterocycles. The van der Waals surface area contributed by atoms with Crippen molar-refractivity contribution >= 4 is 62.8 Å². The van der Waals surface area contributed by atoms with Crippen molar-refractivity contribution in [1.29, 1.82) is 0 Å². The molecule has 7 heteroatoms. The van der Waals surface area contributed by atoms with E-state index in [4.69, 9.17) is 23.2 Å². The first kappa shape index (κ1) is 13.3. The highest BCUT2D eigenvalue weighted by Gasteiger charge is 2.07. The maximum atomic E-state index is 13.5. The third-order valence-electron chi connectivity index (χ3n) is 1.99. The fourth-order valence-electron chi connectivity index (χ4n) is 1.21. The predicted octanol–water partition coefficient (Wildman–Crippen LogP) is 4.81. The first-order chi connectivity index (χ1) is 8.06. The van der Waals surface area contributed by atoms with E-state index in [-0.39, 0.29) is 5.82 Å². The summed E-state index contributed by atoms with van der Waals surface area (Å²) in [5.41, 5.74) is 0.420. The van der Waals surface area contributed by atoms with Crippen LogP contribution in [0.4, 0.5) is 10.1 Å². The van der Waals surface area contributed by atoms with Gasteiger partial charge in [-0.05, 0) is 34.7 Å². The summed E-state index contributed by atoms with van der Waals surface area (Å²) in [6.07, 6.45) is 1.67. The van der Waals surface area contributed by atoms with Gasteiger partial charge < -0.3 is 5.32 Å². The second-order valence-corrected chi connectivity index (χ2v) is 6.45. The minimum Gasteiger partial charge on any atom is -0.378 e. The van der Waals surface area contributed by atoms with Crippen molar-refractivity contribution in [1.82, 2.24) is 4.98 Å². The van der Waals surface area contributed by atoms with Crippen molar-refractivity contribution in [2.24, 2.45) is 0 Å². The second-order valence-electron chi connectivity index (χ2n) is 3.18. The van der Waals surface area contributed by atoms with Gasteiger partial charge in [0, 0.05) is 14.6 Å². The number of hydrogen-bond acceptors (Lipinski definition) is 3. The molecule has 17 heavy (non-hydrogen) atoms. The van der Waals surface area contributed by atoms with E-state index in [1.165, 1.54) is 17.4 Å². The van der Waals surface area contributed by atoms with Crippen LogP contribution in [0.3, 0.4) is 0 Å². The topological polar surface area (TPSA) is 24.9 Å². The summed E-state index contributed by atoms with van der Waals surface area (Å²) < 4.78 is 14.8. The molecule has 1 aromatic heterocycles. The van der Waals surface area contributed by atoms with E-state index in [0.29, 0.717) is 21.7 Å². The van der Waals surface area contributed by atoms with E-state index in [2.05, 4.69) is 32.9 Å². The van der Waals surface area contributed by atoms with Gasteiger partial charge in [0.15, 0.2) is 4.47 Å². The van der Waals surface area contributed by atoms with Gasteiger partial charge in [0.2, 0.25) is 0 Å². The monoisotopic (exact) mass is 402 g/mol. The van der Waals surface area contributed by atoms with Gasteiger partial charge in [-0.3, -0.25) is 0 Å². The van der Waals surface area contributed by atoms with Crippen LogP contribution in [0.2, 0.25) is 9.49 Å². The van der Waals surface area contributed by atoms with Crippen LogP contribution in [0.5, 0.6) is 0 Å². The van der Waals surface area contributed by atoms with E-state index in [1.54, 1.807) is 12.3 Å². The van der Waals surface area contributed by atoms with Gasteiger partial charge in [0.05, 0.1) is 17.3 Å². The van der Waals surface area contributed by atoms with Gasteiger partial charge in [-0.15, -0.1) is 11.3 Å². The predicted molar refractivity (Wildman–Crippen MR) is 78.6 cm³/mol. The number of anilines is 1. The molecule has 0 aliphatic heterocycles. The zero-order valence-electron chi connectivity index (χ0n) is 8.31. The lowest BCUT2D eigenvalue weighted by atomic mass is 10.3. The first-order valence-electron chi connectivity index (χ1n) is 4.55. The lowest BCUT2D eigenvalue weighted by Crippen LogP contribution is -2.00. The van der Waals surface area contributed by atoms with E-state index in [0.717, 1.165) is 8.45 Å². The lowest BCUT2D eigenvalue weighted by molar-refractivity contribution is 0.630. The van der Waals surface area contributed by atoms with Crippen molar-refractivity contribution in [2.75, 3.05) is 5.32 Å². The molecule has 1 N–H and O–H groups in total. The van der Waals surface area contributed by atoms with Crippen LogP contribution >= 0.6 is 57.1 Å². The Morgan fingerprint density at radius 2 is 2.18 bits per heavy atom. The molecule has 0 fully saturated rings. The molecule has 1 aromatic carbocycles. The molecule has 0 aliphatic rings. The molecule has 2 aromatic rings. The molecule has 0 amide bonds. The molecule has 1 heterocycles. The molecular weight excluding hydrogens is 397 g/mol. The zero-order chi connectivity index (χ0) is 12.4. The maximum absolute atomic E-state index is 13.5. The Morgan fingerprint density at radius 3 is 2.82 bits per heavy atom. The van der Waals surface area contributed by atoms with Gasteiger partial charge in [0.25, 0.3) is 0 Å². The van der Waals surface area contributed by atoms with Gasteiger partial charge in [-0.1, -0.05) is 23.2 Å². The van der Waals surface area contributed by atoms with Crippen LogP contribution in [0.25, 0.3) is 0 Å². The summed E-state index contributed by atoms with van der Waals surface area (Å²) in [4.78, 5) is 4.85. The fraction of sp³-hybridized carbons (Fsp3) is 0.100. The van der Waals surface area contributed by atoms with E-state index < -0.39 is 0 Å². The van der Waals surface area contributed by atoms with Crippen molar-refractivity contribution in [3.8, 4) is 0 Å². The molecular formula is C10H6Cl2FIN2S. The largest absolute Gasteiger partial charge is 0.378 e. The third kappa shape index (κ3) is 3.43. The van der Waals surface area contributed by atoms with Crippen LogP contribution in [0.1, 0.15) is 4.88 Å². The second kappa shape index (κ2) is 5.69. The number of halogens is 4. The number of benzene rings is 1. The Balaban J connectivity index is 2.11. The minimum atomic E-state index is -0.369. The summed E-state index contributed by atoms with van der Waals surface area (Å²) in [5, 5.41) is 3.40. The van der Waals surface area contributed by atoms with E-state index in [9.17, 15) is 4.39 Å². The van der Waals surface area contributed by atoms with Gasteiger partial charge >= 0.3 is 0 Å². The standard InChI is InChI=1S/C10H6Cl2FIN2S/c11-6-1-7(13)9(2-8(6)14)15-3-5-4-16-10(12)17-5/h1-2,4,15H,3H2. The average molecular weight is 403 g/mol. The summed E-state index contributed by atoms with van der Waals surface area (Å²) in [5.74, 6) is -0.369. The quantitative estimate of drug-likeness (QED) is 0.588. The Labute approximate surface area is 125 Å².